The maximum atomic E-state index is 13.1. The predicted molar refractivity (Wildman–Crippen MR) is 123 cm³/mol. The number of nitrogens with zero attached hydrogens (tertiary/aromatic N) is 2. The number of hydrogen-bond donors (Lipinski definition) is 0. The summed E-state index contributed by atoms with van der Waals surface area (Å²) in [5, 5.41) is 0. The number of benzene rings is 1. The molecule has 0 spiro atoms. The molecule has 0 saturated carbocycles. The van der Waals surface area contributed by atoms with Gasteiger partial charge in [0.2, 0.25) is 0 Å². The molecular formula is C22H37F4N2O2P. The summed E-state index contributed by atoms with van der Waals surface area (Å²) in [5.41, 5.74) is 1.82. The lowest BCUT2D eigenvalue weighted by atomic mass is 10.1. The van der Waals surface area contributed by atoms with Crippen molar-refractivity contribution in [2.45, 2.75) is 54.3 Å². The average Bonchev–Trinajstić information content (AvgIpc) is 2.72. The summed E-state index contributed by atoms with van der Waals surface area (Å²) in [6.45, 7) is 18.6. The molecule has 0 amide bonds. The van der Waals surface area contributed by atoms with Crippen molar-refractivity contribution in [2.75, 3.05) is 39.9 Å². The number of Topliss-reactive ketones (excluding diaryl/α,β-unsaturated/α-hetero) is 1. The Bertz CT molecular complexity index is 659. The molecule has 180 valence electrons. The van der Waals surface area contributed by atoms with Crippen molar-refractivity contribution in [1.82, 2.24) is 9.80 Å². The minimum atomic E-state index is -4.93. The van der Waals surface area contributed by atoms with Gasteiger partial charge in [-0.1, -0.05) is 42.0 Å². The Kier molecular flexibility index (Phi) is 17.5. The van der Waals surface area contributed by atoms with Crippen molar-refractivity contribution in [3.8, 4) is 5.75 Å². The van der Waals surface area contributed by atoms with Gasteiger partial charge in [0.15, 0.2) is 11.6 Å². The fourth-order valence-corrected chi connectivity index (χ4v) is 2.90. The van der Waals surface area contributed by atoms with Crippen LogP contribution in [-0.2, 0) is 11.2 Å². The molecule has 0 bridgehead atoms. The van der Waals surface area contributed by atoms with Crippen LogP contribution in [0.4, 0.5) is 17.6 Å². The Morgan fingerprint density at radius 3 is 1.97 bits per heavy atom. The van der Waals surface area contributed by atoms with Crippen molar-refractivity contribution in [1.29, 1.82) is 0 Å². The summed E-state index contributed by atoms with van der Waals surface area (Å²) in [6.07, 6.45) is -4.95. The van der Waals surface area contributed by atoms with E-state index in [1.807, 2.05) is 27.7 Å². The molecule has 0 radical (unpaired) electrons. The molecule has 0 aliphatic carbocycles. The van der Waals surface area contributed by atoms with Crippen LogP contribution in [0.3, 0.4) is 0 Å². The quantitative estimate of drug-likeness (QED) is 0.409. The van der Waals surface area contributed by atoms with Gasteiger partial charge in [-0.2, -0.15) is 0 Å². The van der Waals surface area contributed by atoms with Crippen LogP contribution in [0.25, 0.3) is 0 Å². The third kappa shape index (κ3) is 15.0. The first kappa shape index (κ1) is 31.7. The highest BCUT2D eigenvalue weighted by Gasteiger charge is 2.32. The molecule has 2 rings (SSSR count). The van der Waals surface area contributed by atoms with Crippen LogP contribution < -0.4 is 4.74 Å². The summed E-state index contributed by atoms with van der Waals surface area (Å²) in [5.74, 6) is -2.25. The summed E-state index contributed by atoms with van der Waals surface area (Å²) in [4.78, 5) is 15.6. The van der Waals surface area contributed by atoms with Crippen LogP contribution >= 0.6 is 8.20 Å². The molecule has 0 aromatic heterocycles. The molecule has 9 heteroatoms. The molecular weight excluding hydrogens is 431 g/mol. The zero-order valence-electron chi connectivity index (χ0n) is 19.9. The van der Waals surface area contributed by atoms with E-state index in [9.17, 15) is 22.4 Å². The van der Waals surface area contributed by atoms with Crippen LogP contribution in [0.1, 0.15) is 47.1 Å². The van der Waals surface area contributed by atoms with Crippen LogP contribution in [0, 0.1) is 5.82 Å². The number of rotatable bonds is 4. The third-order valence-electron chi connectivity index (χ3n) is 3.96. The minimum Gasteiger partial charge on any atom is -0.403 e. The highest BCUT2D eigenvalue weighted by molar-refractivity contribution is 7.39. The normalized spacial score (nSPS) is 14.8. The number of ether oxygens (including phenoxy) is 1. The average molecular weight is 469 g/mol. The first-order valence-corrected chi connectivity index (χ1v) is 11.8. The van der Waals surface area contributed by atoms with E-state index in [0.29, 0.717) is 5.56 Å². The first-order chi connectivity index (χ1) is 14.5. The molecule has 1 fully saturated rings. The SMILES string of the molecule is CC.CC.CC(=O)Cc1ccc(OC(F)(F)F)c(F)c1.CP=C(C)N1CCN(C)CC1. The first-order valence-electron chi connectivity index (χ1n) is 10.4. The molecule has 4 nitrogen and oxygen atoms in total. The molecule has 1 saturated heterocycles. The number of piperazine rings is 1. The molecule has 1 aromatic rings. The molecule has 1 aromatic carbocycles. The van der Waals surface area contributed by atoms with Crippen molar-refractivity contribution in [2.24, 2.45) is 0 Å². The lowest BCUT2D eigenvalue weighted by Gasteiger charge is -2.32. The Labute approximate surface area is 186 Å². The van der Waals surface area contributed by atoms with Gasteiger partial charge in [-0.05, 0) is 45.3 Å². The molecule has 0 atom stereocenters. The molecule has 1 aliphatic heterocycles. The fourth-order valence-electron chi connectivity index (χ4n) is 2.42. The summed E-state index contributed by atoms with van der Waals surface area (Å²) < 4.78 is 51.9. The van der Waals surface area contributed by atoms with Crippen LogP contribution in [0.15, 0.2) is 18.2 Å². The summed E-state index contributed by atoms with van der Waals surface area (Å²) in [7, 11) is 3.61. The van der Waals surface area contributed by atoms with Gasteiger partial charge in [-0.3, -0.25) is 9.69 Å². The Balaban J connectivity index is 0. The van der Waals surface area contributed by atoms with E-state index < -0.39 is 17.9 Å². The van der Waals surface area contributed by atoms with Gasteiger partial charge in [-0.15, -0.1) is 13.2 Å². The Morgan fingerprint density at radius 1 is 1.06 bits per heavy atom. The number of alkyl halides is 3. The van der Waals surface area contributed by atoms with Crippen molar-refractivity contribution in [3.63, 3.8) is 0 Å². The maximum absolute atomic E-state index is 13.1. The standard InChI is InChI=1S/C10H8F4O2.C8H17N2P.2C2H6/c1-6(15)4-7-2-3-9(8(11)5-7)16-10(12,13)14;1-8(11-3)10-6-4-9(2)5-7-10;2*1-2/h2-3,5H,4H2,1H3;4-7H2,1-3H3;2*1-2H3. The van der Waals surface area contributed by atoms with Crippen molar-refractivity contribution < 1.29 is 27.1 Å². The monoisotopic (exact) mass is 468 g/mol. The van der Waals surface area contributed by atoms with E-state index in [-0.39, 0.29) is 12.2 Å². The van der Waals surface area contributed by atoms with E-state index in [4.69, 9.17) is 0 Å². The lowest BCUT2D eigenvalue weighted by Crippen LogP contribution is -2.45. The largest absolute Gasteiger partial charge is 0.573 e. The lowest BCUT2D eigenvalue weighted by molar-refractivity contribution is -0.275. The van der Waals surface area contributed by atoms with E-state index in [1.54, 1.807) is 0 Å². The van der Waals surface area contributed by atoms with Gasteiger partial charge in [0.1, 0.15) is 5.78 Å². The van der Waals surface area contributed by atoms with Gasteiger partial charge in [0.25, 0.3) is 0 Å². The van der Waals surface area contributed by atoms with Crippen LogP contribution in [0.2, 0.25) is 0 Å². The van der Waals surface area contributed by atoms with Crippen molar-refractivity contribution >= 4 is 19.4 Å². The molecule has 1 heterocycles. The topological polar surface area (TPSA) is 32.8 Å². The van der Waals surface area contributed by atoms with Gasteiger partial charge in [0.05, 0.1) is 0 Å². The second-order valence-corrected chi connectivity index (χ2v) is 7.35. The zero-order chi connectivity index (χ0) is 24.6. The molecule has 0 N–H and O–H groups in total. The summed E-state index contributed by atoms with van der Waals surface area (Å²) in [6, 6.07) is 2.91. The van der Waals surface area contributed by atoms with Crippen LogP contribution in [0.5, 0.6) is 5.75 Å². The highest BCUT2D eigenvalue weighted by Crippen LogP contribution is 2.26. The van der Waals surface area contributed by atoms with Gasteiger partial charge in [0, 0.05) is 38.0 Å². The number of likely N-dealkylation sites (N-methyl/N-ethyl adjacent to an activating group) is 1. The third-order valence-corrected chi connectivity index (χ3v) is 4.89. The number of ketones is 1. The van der Waals surface area contributed by atoms with E-state index in [2.05, 4.69) is 35.2 Å². The molecule has 31 heavy (non-hydrogen) atoms. The van der Waals surface area contributed by atoms with E-state index in [1.165, 1.54) is 52.8 Å². The smallest absolute Gasteiger partial charge is 0.403 e. The number of halogens is 4. The summed E-state index contributed by atoms with van der Waals surface area (Å²) >= 11 is 0. The van der Waals surface area contributed by atoms with Gasteiger partial charge < -0.3 is 9.64 Å². The highest BCUT2D eigenvalue weighted by atomic mass is 31.1. The van der Waals surface area contributed by atoms with Crippen molar-refractivity contribution in [3.05, 3.63) is 29.6 Å². The minimum absolute atomic E-state index is 0.0246. The second kappa shape index (κ2) is 17.1. The Hall–Kier alpha value is -1.50. The zero-order valence-corrected chi connectivity index (χ0v) is 20.8. The maximum Gasteiger partial charge on any atom is 0.573 e. The fraction of sp³-hybridized carbons (Fsp3) is 0.636. The molecule has 0 unspecified atom stereocenters. The number of carbonyl (C=O) groups excluding carboxylic acids is 1. The van der Waals surface area contributed by atoms with E-state index in [0.717, 1.165) is 12.1 Å². The Morgan fingerprint density at radius 2 is 1.58 bits per heavy atom. The second-order valence-electron chi connectivity index (χ2n) is 6.25. The number of hydrogen-bond acceptors (Lipinski definition) is 3. The number of carbonyl (C=O) groups is 1. The molecule has 1 aliphatic rings. The van der Waals surface area contributed by atoms with E-state index >= 15 is 0 Å². The van der Waals surface area contributed by atoms with Gasteiger partial charge in [-0.25, -0.2) is 4.39 Å². The van der Waals surface area contributed by atoms with Crippen LogP contribution in [-0.4, -0.2) is 67.3 Å². The van der Waals surface area contributed by atoms with Gasteiger partial charge >= 0.3 is 6.36 Å². The predicted octanol–water partition coefficient (Wildman–Crippen LogP) is 5.87.